The minimum Gasteiger partial charge on any atom is -0.388 e. The van der Waals surface area contributed by atoms with E-state index in [0.29, 0.717) is 5.56 Å². The van der Waals surface area contributed by atoms with Crippen LogP contribution < -0.4 is 5.32 Å². The highest BCUT2D eigenvalue weighted by molar-refractivity contribution is 5.85. The quantitative estimate of drug-likeness (QED) is 0.635. The number of rotatable bonds is 6. The lowest BCUT2D eigenvalue weighted by Crippen LogP contribution is -1.97. The maximum absolute atomic E-state index is 11.2. The van der Waals surface area contributed by atoms with Crippen molar-refractivity contribution in [2.45, 2.75) is 13.3 Å². The van der Waals surface area contributed by atoms with E-state index in [1.165, 1.54) is 0 Å². The molecule has 1 heterocycles. The molecule has 0 aliphatic heterocycles. The Morgan fingerprint density at radius 3 is 2.68 bits per heavy atom. The predicted molar refractivity (Wildman–Crippen MR) is 93.2 cm³/mol. The van der Waals surface area contributed by atoms with Crippen LogP contribution in [0, 0.1) is 0 Å². The number of pyridine rings is 1. The monoisotopic (exact) mass is 292 g/mol. The summed E-state index contributed by atoms with van der Waals surface area (Å²) in [7, 11) is 1.87. The molecule has 112 valence electrons. The summed E-state index contributed by atoms with van der Waals surface area (Å²) in [6.07, 6.45) is 5.15. The predicted octanol–water partition coefficient (Wildman–Crippen LogP) is 4.36. The number of aryl methyl sites for hydroxylation is 1. The van der Waals surface area contributed by atoms with Gasteiger partial charge >= 0.3 is 0 Å². The van der Waals surface area contributed by atoms with Crippen LogP contribution in [0.5, 0.6) is 0 Å². The van der Waals surface area contributed by atoms with Crippen molar-refractivity contribution in [3.8, 4) is 11.1 Å². The molecule has 3 nitrogen and oxygen atoms in total. The van der Waals surface area contributed by atoms with Gasteiger partial charge in [0, 0.05) is 35.6 Å². The largest absolute Gasteiger partial charge is 0.388 e. The molecule has 0 radical (unpaired) electrons. The van der Waals surface area contributed by atoms with Gasteiger partial charge in [-0.05, 0) is 29.7 Å². The van der Waals surface area contributed by atoms with Gasteiger partial charge in [0.15, 0.2) is 6.29 Å². The van der Waals surface area contributed by atoms with Crippen molar-refractivity contribution in [1.29, 1.82) is 0 Å². The Morgan fingerprint density at radius 1 is 1.32 bits per heavy atom. The molecule has 0 amide bonds. The van der Waals surface area contributed by atoms with Gasteiger partial charge in [0.1, 0.15) is 0 Å². The Labute approximate surface area is 131 Å². The van der Waals surface area contributed by atoms with Crippen LogP contribution in [0.15, 0.2) is 49.7 Å². The molecule has 1 aromatic carbocycles. The number of hydrogen-bond donors (Lipinski definition) is 1. The van der Waals surface area contributed by atoms with Crippen molar-refractivity contribution in [2.24, 2.45) is 0 Å². The highest BCUT2D eigenvalue weighted by atomic mass is 16.1. The SMILES string of the molecule is C=CC(=C)c1ccc(-c2cnc(CC)c(C=O)c2)cc1NC. The molecule has 0 fully saturated rings. The molecule has 0 saturated carbocycles. The molecule has 0 unspecified atom stereocenters. The van der Waals surface area contributed by atoms with Gasteiger partial charge in [-0.15, -0.1) is 0 Å². The summed E-state index contributed by atoms with van der Waals surface area (Å²) in [5, 5.41) is 3.17. The van der Waals surface area contributed by atoms with E-state index in [4.69, 9.17) is 0 Å². The first kappa shape index (κ1) is 15.7. The zero-order chi connectivity index (χ0) is 16.1. The second-order valence-electron chi connectivity index (χ2n) is 4.97. The summed E-state index contributed by atoms with van der Waals surface area (Å²) in [4.78, 5) is 15.6. The van der Waals surface area contributed by atoms with Gasteiger partial charge in [-0.25, -0.2) is 0 Å². The molecule has 2 aromatic rings. The molecule has 0 aliphatic rings. The lowest BCUT2D eigenvalue weighted by atomic mass is 9.98. The van der Waals surface area contributed by atoms with E-state index in [1.807, 2.05) is 44.4 Å². The third-order valence-electron chi connectivity index (χ3n) is 3.68. The van der Waals surface area contributed by atoms with Crippen LogP contribution in [-0.4, -0.2) is 18.3 Å². The van der Waals surface area contributed by atoms with Crippen LogP contribution in [0.2, 0.25) is 0 Å². The van der Waals surface area contributed by atoms with Crippen LogP contribution in [-0.2, 0) is 6.42 Å². The minimum absolute atomic E-state index is 0.644. The zero-order valence-electron chi connectivity index (χ0n) is 13.0. The van der Waals surface area contributed by atoms with E-state index in [2.05, 4.69) is 23.5 Å². The summed E-state index contributed by atoms with van der Waals surface area (Å²) in [5.74, 6) is 0. The lowest BCUT2D eigenvalue weighted by Gasteiger charge is -2.12. The molecule has 22 heavy (non-hydrogen) atoms. The summed E-state index contributed by atoms with van der Waals surface area (Å²) < 4.78 is 0. The summed E-state index contributed by atoms with van der Waals surface area (Å²) in [5.41, 5.74) is 6.23. The molecule has 0 aliphatic carbocycles. The topological polar surface area (TPSA) is 42.0 Å². The highest BCUT2D eigenvalue weighted by Gasteiger charge is 2.08. The van der Waals surface area contributed by atoms with Crippen molar-refractivity contribution in [2.75, 3.05) is 12.4 Å². The van der Waals surface area contributed by atoms with E-state index in [1.54, 1.807) is 6.08 Å². The van der Waals surface area contributed by atoms with Crippen LogP contribution >= 0.6 is 0 Å². The van der Waals surface area contributed by atoms with Gasteiger partial charge in [0.05, 0.1) is 5.69 Å². The number of allylic oxidation sites excluding steroid dienone is 2. The highest BCUT2D eigenvalue weighted by Crippen LogP contribution is 2.29. The van der Waals surface area contributed by atoms with E-state index in [9.17, 15) is 4.79 Å². The molecule has 0 atom stereocenters. The first-order valence-electron chi connectivity index (χ1n) is 7.22. The van der Waals surface area contributed by atoms with Crippen LogP contribution in [0.3, 0.4) is 0 Å². The Balaban J connectivity index is 2.51. The Kier molecular flexibility index (Phi) is 4.89. The van der Waals surface area contributed by atoms with E-state index in [-0.39, 0.29) is 0 Å². The maximum Gasteiger partial charge on any atom is 0.151 e. The molecule has 0 spiro atoms. The number of aromatic nitrogens is 1. The minimum atomic E-state index is 0.644. The van der Waals surface area contributed by atoms with Gasteiger partial charge in [-0.1, -0.05) is 38.3 Å². The van der Waals surface area contributed by atoms with Crippen molar-refractivity contribution in [3.63, 3.8) is 0 Å². The lowest BCUT2D eigenvalue weighted by molar-refractivity contribution is 0.112. The number of carbonyl (C=O) groups is 1. The summed E-state index contributed by atoms with van der Waals surface area (Å²) >= 11 is 0. The number of nitrogens with zero attached hydrogens (tertiary/aromatic N) is 1. The first-order chi connectivity index (χ1) is 10.6. The second kappa shape index (κ2) is 6.85. The van der Waals surface area contributed by atoms with E-state index in [0.717, 1.165) is 46.4 Å². The van der Waals surface area contributed by atoms with Gasteiger partial charge in [-0.3, -0.25) is 9.78 Å². The number of hydrogen-bond acceptors (Lipinski definition) is 3. The first-order valence-corrected chi connectivity index (χ1v) is 7.22. The molecular weight excluding hydrogens is 272 g/mol. The van der Waals surface area contributed by atoms with Crippen molar-refractivity contribution in [3.05, 3.63) is 66.5 Å². The van der Waals surface area contributed by atoms with Gasteiger partial charge < -0.3 is 5.32 Å². The number of benzene rings is 1. The van der Waals surface area contributed by atoms with Gasteiger partial charge in [0.25, 0.3) is 0 Å². The van der Waals surface area contributed by atoms with Gasteiger partial charge in [0.2, 0.25) is 0 Å². The number of nitrogens with one attached hydrogen (secondary N) is 1. The Hall–Kier alpha value is -2.68. The fourth-order valence-corrected chi connectivity index (χ4v) is 2.39. The maximum atomic E-state index is 11.2. The van der Waals surface area contributed by atoms with Crippen molar-refractivity contribution >= 4 is 17.5 Å². The Morgan fingerprint density at radius 2 is 2.09 bits per heavy atom. The van der Waals surface area contributed by atoms with Crippen LogP contribution in [0.4, 0.5) is 5.69 Å². The number of anilines is 1. The molecule has 3 heteroatoms. The average molecular weight is 292 g/mol. The van der Waals surface area contributed by atoms with Crippen molar-refractivity contribution < 1.29 is 4.79 Å². The number of aldehydes is 1. The van der Waals surface area contributed by atoms with Crippen LogP contribution in [0.1, 0.15) is 28.5 Å². The van der Waals surface area contributed by atoms with E-state index < -0.39 is 0 Å². The smallest absolute Gasteiger partial charge is 0.151 e. The zero-order valence-corrected chi connectivity index (χ0v) is 13.0. The molecule has 1 aromatic heterocycles. The average Bonchev–Trinajstić information content (AvgIpc) is 2.59. The Bertz CT molecular complexity index is 732. The van der Waals surface area contributed by atoms with E-state index >= 15 is 0 Å². The molecule has 0 saturated heterocycles. The third-order valence-corrected chi connectivity index (χ3v) is 3.68. The summed E-state index contributed by atoms with van der Waals surface area (Å²) in [6, 6.07) is 7.92. The van der Waals surface area contributed by atoms with Crippen molar-refractivity contribution in [1.82, 2.24) is 4.98 Å². The second-order valence-corrected chi connectivity index (χ2v) is 4.97. The summed E-state index contributed by atoms with van der Waals surface area (Å²) in [6.45, 7) is 9.74. The standard InChI is InChI=1S/C19H20N2O/c1-5-13(3)17-8-7-14(10-19(17)20-4)15-9-16(12-22)18(6-2)21-11-15/h5,7-12,20H,1,3,6H2,2,4H3. The fourth-order valence-electron chi connectivity index (χ4n) is 2.39. The van der Waals surface area contributed by atoms with Crippen LogP contribution in [0.25, 0.3) is 16.7 Å². The van der Waals surface area contributed by atoms with Gasteiger partial charge in [-0.2, -0.15) is 0 Å². The third kappa shape index (κ3) is 2.98. The number of carbonyl (C=O) groups excluding carboxylic acids is 1. The fraction of sp³-hybridized carbons (Fsp3) is 0.158. The molecule has 1 N–H and O–H groups in total. The molecule has 2 rings (SSSR count). The molecule has 0 bridgehead atoms. The molecular formula is C19H20N2O. The normalized spacial score (nSPS) is 10.1.